The van der Waals surface area contributed by atoms with E-state index in [1.54, 1.807) is 6.20 Å². The molecule has 0 aliphatic carbocycles. The molecule has 3 nitrogen and oxygen atoms in total. The van der Waals surface area contributed by atoms with Crippen LogP contribution in [0.1, 0.15) is 33.4 Å². The van der Waals surface area contributed by atoms with Crippen molar-refractivity contribution >= 4 is 5.69 Å². The topological polar surface area (TPSA) is 36.4 Å². The molecule has 0 aromatic carbocycles. The number of aliphatic hydroxyl groups is 1. The maximum atomic E-state index is 9.06. The summed E-state index contributed by atoms with van der Waals surface area (Å²) in [7, 11) is 2.08. The van der Waals surface area contributed by atoms with Crippen molar-refractivity contribution in [2.24, 2.45) is 5.41 Å². The highest BCUT2D eigenvalue weighted by molar-refractivity contribution is 5.46. The van der Waals surface area contributed by atoms with E-state index >= 15 is 0 Å². The summed E-state index contributed by atoms with van der Waals surface area (Å²) < 4.78 is 0. The van der Waals surface area contributed by atoms with E-state index < -0.39 is 0 Å². The molecule has 0 saturated heterocycles. The van der Waals surface area contributed by atoms with Gasteiger partial charge in [-0.15, -0.1) is 0 Å². The van der Waals surface area contributed by atoms with E-state index in [-0.39, 0.29) is 12.0 Å². The van der Waals surface area contributed by atoms with Gasteiger partial charge in [0, 0.05) is 25.0 Å². The minimum Gasteiger partial charge on any atom is -0.390 e. The molecule has 0 aliphatic rings. The van der Waals surface area contributed by atoms with E-state index in [9.17, 15) is 0 Å². The first-order valence-electron chi connectivity index (χ1n) is 5.65. The van der Waals surface area contributed by atoms with Gasteiger partial charge in [-0.2, -0.15) is 0 Å². The maximum absolute atomic E-state index is 9.06. The zero-order chi connectivity index (χ0) is 12.3. The molecule has 0 spiro atoms. The summed E-state index contributed by atoms with van der Waals surface area (Å²) in [4.78, 5) is 6.31. The fourth-order valence-electron chi connectivity index (χ4n) is 1.58. The van der Waals surface area contributed by atoms with Gasteiger partial charge in [0.2, 0.25) is 0 Å². The third-order valence-corrected chi connectivity index (χ3v) is 3.20. The van der Waals surface area contributed by atoms with Crippen molar-refractivity contribution < 1.29 is 5.11 Å². The fourth-order valence-corrected chi connectivity index (χ4v) is 1.58. The van der Waals surface area contributed by atoms with Gasteiger partial charge < -0.3 is 10.0 Å². The lowest BCUT2D eigenvalue weighted by Gasteiger charge is -2.37. The Morgan fingerprint density at radius 2 is 2.06 bits per heavy atom. The first-order chi connectivity index (χ1) is 7.36. The smallest absolute Gasteiger partial charge is 0.0853 e. The molecule has 0 aliphatic heterocycles. The van der Waals surface area contributed by atoms with Gasteiger partial charge in [-0.05, 0) is 24.5 Å². The van der Waals surface area contributed by atoms with Crippen LogP contribution in [-0.2, 0) is 6.61 Å². The van der Waals surface area contributed by atoms with Crippen molar-refractivity contribution in [3.63, 3.8) is 0 Å². The Labute approximate surface area is 98.1 Å². The van der Waals surface area contributed by atoms with E-state index in [1.165, 1.54) is 0 Å². The van der Waals surface area contributed by atoms with Crippen LogP contribution >= 0.6 is 0 Å². The maximum Gasteiger partial charge on any atom is 0.0853 e. The molecule has 1 N–H and O–H groups in total. The average Bonchev–Trinajstić information content (AvgIpc) is 2.26. The van der Waals surface area contributed by atoms with Crippen LogP contribution in [0.3, 0.4) is 0 Å². The van der Waals surface area contributed by atoms with Gasteiger partial charge in [0.25, 0.3) is 0 Å². The summed E-state index contributed by atoms with van der Waals surface area (Å²) in [5.74, 6) is 0. The second-order valence-corrected chi connectivity index (χ2v) is 5.32. The SMILES string of the molecule is CC(N(C)c1ccnc(CO)c1)C(C)(C)C. The molecular formula is C13H22N2O. The molecule has 90 valence electrons. The lowest BCUT2D eigenvalue weighted by molar-refractivity contribution is 0.276. The molecule has 1 unspecified atom stereocenters. The van der Waals surface area contributed by atoms with Crippen molar-refractivity contribution in [1.82, 2.24) is 4.98 Å². The largest absolute Gasteiger partial charge is 0.390 e. The summed E-state index contributed by atoms with van der Waals surface area (Å²) in [6, 6.07) is 4.32. The fraction of sp³-hybridized carbons (Fsp3) is 0.615. The molecule has 0 saturated carbocycles. The molecule has 3 heteroatoms. The molecule has 0 fully saturated rings. The van der Waals surface area contributed by atoms with Crippen LogP contribution in [0, 0.1) is 5.41 Å². The summed E-state index contributed by atoms with van der Waals surface area (Å²) >= 11 is 0. The summed E-state index contributed by atoms with van der Waals surface area (Å²) in [6.07, 6.45) is 1.74. The zero-order valence-electron chi connectivity index (χ0n) is 10.9. The minimum atomic E-state index is -0.00835. The Balaban J connectivity index is 2.91. The highest BCUT2D eigenvalue weighted by atomic mass is 16.3. The molecule has 0 amide bonds. The average molecular weight is 222 g/mol. The predicted octanol–water partition coefficient (Wildman–Crippen LogP) is 2.44. The number of rotatable bonds is 3. The van der Waals surface area contributed by atoms with Crippen LogP contribution in [0.15, 0.2) is 18.3 Å². The van der Waals surface area contributed by atoms with Crippen LogP contribution < -0.4 is 4.90 Å². The molecule has 0 bridgehead atoms. The van der Waals surface area contributed by atoms with Gasteiger partial charge in [0.05, 0.1) is 12.3 Å². The number of hydrogen-bond acceptors (Lipinski definition) is 3. The Morgan fingerprint density at radius 1 is 1.44 bits per heavy atom. The number of pyridine rings is 1. The lowest BCUT2D eigenvalue weighted by atomic mass is 9.87. The number of aliphatic hydroxyl groups excluding tert-OH is 1. The summed E-state index contributed by atoms with van der Waals surface area (Å²) in [6.45, 7) is 8.87. The summed E-state index contributed by atoms with van der Waals surface area (Å²) in [5, 5.41) is 9.06. The quantitative estimate of drug-likeness (QED) is 0.853. The molecule has 1 atom stereocenters. The van der Waals surface area contributed by atoms with Gasteiger partial charge in [-0.25, -0.2) is 0 Å². The van der Waals surface area contributed by atoms with Crippen LogP contribution in [0.2, 0.25) is 0 Å². The molecule has 1 aromatic rings. The standard InChI is InChI=1S/C13H22N2O/c1-10(13(2,3)4)15(5)12-6-7-14-11(8-12)9-16/h6-8,10,16H,9H2,1-5H3. The highest BCUT2D eigenvalue weighted by Gasteiger charge is 2.24. The first-order valence-corrected chi connectivity index (χ1v) is 5.65. The van der Waals surface area contributed by atoms with Gasteiger partial charge in [0.15, 0.2) is 0 Å². The second-order valence-electron chi connectivity index (χ2n) is 5.32. The van der Waals surface area contributed by atoms with Crippen molar-refractivity contribution in [2.45, 2.75) is 40.3 Å². The van der Waals surface area contributed by atoms with Crippen LogP contribution in [0.25, 0.3) is 0 Å². The van der Waals surface area contributed by atoms with Crippen LogP contribution in [0.4, 0.5) is 5.69 Å². The Bertz CT molecular complexity index is 344. The molecule has 1 heterocycles. The number of anilines is 1. The van der Waals surface area contributed by atoms with Crippen molar-refractivity contribution in [3.8, 4) is 0 Å². The third-order valence-electron chi connectivity index (χ3n) is 3.20. The Kier molecular flexibility index (Phi) is 3.92. The number of hydrogen-bond donors (Lipinski definition) is 1. The molecule has 0 radical (unpaired) electrons. The first kappa shape index (κ1) is 13.0. The third kappa shape index (κ3) is 2.95. The van der Waals surface area contributed by atoms with Gasteiger partial charge in [-0.3, -0.25) is 4.98 Å². The van der Waals surface area contributed by atoms with Crippen LogP contribution in [0.5, 0.6) is 0 Å². The minimum absolute atomic E-state index is 0.00835. The van der Waals surface area contributed by atoms with Crippen molar-refractivity contribution in [3.05, 3.63) is 24.0 Å². The normalized spacial score (nSPS) is 13.6. The van der Waals surface area contributed by atoms with Crippen molar-refractivity contribution in [1.29, 1.82) is 0 Å². The second kappa shape index (κ2) is 4.83. The van der Waals surface area contributed by atoms with Gasteiger partial charge >= 0.3 is 0 Å². The van der Waals surface area contributed by atoms with Crippen molar-refractivity contribution in [2.75, 3.05) is 11.9 Å². The number of nitrogens with zero attached hydrogens (tertiary/aromatic N) is 2. The van der Waals surface area contributed by atoms with Gasteiger partial charge in [0.1, 0.15) is 0 Å². The monoisotopic (exact) mass is 222 g/mol. The molecular weight excluding hydrogens is 200 g/mol. The Morgan fingerprint density at radius 3 is 2.56 bits per heavy atom. The van der Waals surface area contributed by atoms with E-state index in [0.29, 0.717) is 11.7 Å². The molecule has 1 aromatic heterocycles. The molecule has 16 heavy (non-hydrogen) atoms. The molecule has 1 rings (SSSR count). The summed E-state index contributed by atoms with van der Waals surface area (Å²) in [5.41, 5.74) is 2.03. The van der Waals surface area contributed by atoms with E-state index in [0.717, 1.165) is 5.69 Å². The predicted molar refractivity (Wildman–Crippen MR) is 67.5 cm³/mol. The Hall–Kier alpha value is -1.09. The van der Waals surface area contributed by atoms with E-state index in [4.69, 9.17) is 5.11 Å². The van der Waals surface area contributed by atoms with E-state index in [2.05, 4.69) is 44.6 Å². The highest BCUT2D eigenvalue weighted by Crippen LogP contribution is 2.27. The lowest BCUT2D eigenvalue weighted by Crippen LogP contribution is -2.39. The van der Waals surface area contributed by atoms with Gasteiger partial charge in [-0.1, -0.05) is 20.8 Å². The zero-order valence-corrected chi connectivity index (χ0v) is 10.9. The van der Waals surface area contributed by atoms with Crippen LogP contribution in [-0.4, -0.2) is 23.2 Å². The van der Waals surface area contributed by atoms with E-state index in [1.807, 2.05) is 12.1 Å². The number of aromatic nitrogens is 1.